The number of hydrogen-bond donors (Lipinski definition) is 1. The Kier molecular flexibility index (Phi) is 2.40. The monoisotopic (exact) mass is 270 g/mol. The third-order valence-corrected chi connectivity index (χ3v) is 3.01. The highest BCUT2D eigenvalue weighted by Gasteiger charge is 2.25. The molecule has 3 rings (SSSR count). The van der Waals surface area contributed by atoms with Gasteiger partial charge in [-0.3, -0.25) is 18.6 Å². The molecule has 0 saturated heterocycles. The van der Waals surface area contributed by atoms with Gasteiger partial charge >= 0.3 is 0 Å². The number of carbonyl (C=O) groups is 2. The van der Waals surface area contributed by atoms with Crippen LogP contribution in [-0.4, -0.2) is 35.8 Å². The second-order valence-corrected chi connectivity index (χ2v) is 4.25. The van der Waals surface area contributed by atoms with Crippen LogP contribution in [-0.2, 0) is 0 Å². The normalized spacial score (nSPS) is 11.1. The van der Waals surface area contributed by atoms with E-state index < -0.39 is 5.91 Å². The molecule has 0 aliphatic carbocycles. The van der Waals surface area contributed by atoms with E-state index in [1.165, 1.54) is 17.7 Å². The molecule has 2 N–H and O–H groups in total. The minimum atomic E-state index is -0.720. The van der Waals surface area contributed by atoms with Crippen molar-refractivity contribution in [2.45, 2.75) is 6.92 Å². The Morgan fingerprint density at radius 2 is 2.05 bits per heavy atom. The molecule has 20 heavy (non-hydrogen) atoms. The number of amides is 1. The summed E-state index contributed by atoms with van der Waals surface area (Å²) in [6.45, 7) is 5.15. The molecular formula is C12H10N6O2. The molecule has 0 saturated carbocycles. The third-order valence-electron chi connectivity index (χ3n) is 3.01. The maximum atomic E-state index is 11.8. The number of rotatable bonds is 3. The van der Waals surface area contributed by atoms with Gasteiger partial charge in [0.05, 0.1) is 16.5 Å². The van der Waals surface area contributed by atoms with Crippen molar-refractivity contribution >= 4 is 23.9 Å². The van der Waals surface area contributed by atoms with E-state index in [0.717, 1.165) is 0 Å². The SMILES string of the molecule is C=c1c(C(N)=O)c(C(C)=O)c2nnc(-n3ccnc3)n12. The molecule has 0 aliphatic heterocycles. The summed E-state index contributed by atoms with van der Waals surface area (Å²) in [6.07, 6.45) is 4.77. The molecule has 0 fully saturated rings. The molecule has 3 aromatic rings. The molecule has 0 radical (unpaired) electrons. The minimum absolute atomic E-state index is 0.0729. The third kappa shape index (κ3) is 1.44. The van der Waals surface area contributed by atoms with Crippen molar-refractivity contribution in [1.29, 1.82) is 0 Å². The van der Waals surface area contributed by atoms with Crippen LogP contribution in [0.1, 0.15) is 27.6 Å². The highest BCUT2D eigenvalue weighted by Crippen LogP contribution is 2.16. The molecule has 1 amide bonds. The van der Waals surface area contributed by atoms with Crippen molar-refractivity contribution in [1.82, 2.24) is 24.1 Å². The molecule has 0 unspecified atom stereocenters. The van der Waals surface area contributed by atoms with E-state index in [2.05, 4.69) is 21.8 Å². The van der Waals surface area contributed by atoms with Gasteiger partial charge in [-0.1, -0.05) is 6.58 Å². The average Bonchev–Trinajstić information content (AvgIpc) is 3.04. The molecule has 3 heterocycles. The summed E-state index contributed by atoms with van der Waals surface area (Å²) in [7, 11) is 0. The largest absolute Gasteiger partial charge is 0.366 e. The lowest BCUT2D eigenvalue weighted by molar-refractivity contribution is 0.0974. The highest BCUT2D eigenvalue weighted by atomic mass is 16.1. The van der Waals surface area contributed by atoms with Crippen LogP contribution in [0.15, 0.2) is 18.7 Å². The van der Waals surface area contributed by atoms with Crippen LogP contribution in [0.25, 0.3) is 18.2 Å². The van der Waals surface area contributed by atoms with Crippen LogP contribution in [0.4, 0.5) is 0 Å². The first-order valence-corrected chi connectivity index (χ1v) is 5.71. The lowest BCUT2D eigenvalue weighted by Crippen LogP contribution is -2.24. The van der Waals surface area contributed by atoms with Gasteiger partial charge < -0.3 is 5.73 Å². The van der Waals surface area contributed by atoms with Gasteiger partial charge in [-0.15, -0.1) is 10.2 Å². The first-order valence-electron chi connectivity index (χ1n) is 5.71. The van der Waals surface area contributed by atoms with Crippen LogP contribution >= 0.6 is 0 Å². The molecule has 100 valence electrons. The number of fused-ring (bicyclic) bond motifs is 1. The number of carbonyl (C=O) groups excluding carboxylic acids is 2. The quantitative estimate of drug-likeness (QED) is 0.636. The zero-order valence-electron chi connectivity index (χ0n) is 10.6. The standard InChI is InChI=1S/C12H10N6O2/c1-6-8(10(13)20)9(7(2)19)11-15-16-12(18(6)11)17-4-3-14-5-17/h3-5H,1H2,2H3,(H2,13,20). The van der Waals surface area contributed by atoms with E-state index in [1.54, 1.807) is 17.0 Å². The smallest absolute Gasteiger partial charge is 0.251 e. The Morgan fingerprint density at radius 1 is 1.30 bits per heavy atom. The molecule has 0 aliphatic rings. The summed E-state index contributed by atoms with van der Waals surface area (Å²) >= 11 is 0. The van der Waals surface area contributed by atoms with Gasteiger partial charge in [-0.05, 0) is 6.92 Å². The van der Waals surface area contributed by atoms with E-state index in [9.17, 15) is 9.59 Å². The Hall–Kier alpha value is -3.03. The number of nitrogens with two attached hydrogens (primary N) is 1. The van der Waals surface area contributed by atoms with E-state index in [4.69, 9.17) is 5.73 Å². The fourth-order valence-electron chi connectivity index (χ4n) is 2.20. The zero-order valence-corrected chi connectivity index (χ0v) is 10.6. The van der Waals surface area contributed by atoms with Crippen molar-refractivity contribution in [3.05, 3.63) is 35.2 Å². The number of primary amides is 1. The number of Topliss-reactive ketones (excluding diaryl/α,β-unsaturated/α-hetero) is 1. The average molecular weight is 270 g/mol. The van der Waals surface area contributed by atoms with Gasteiger partial charge in [0, 0.05) is 12.4 Å². The maximum Gasteiger partial charge on any atom is 0.251 e. The van der Waals surface area contributed by atoms with Crippen molar-refractivity contribution in [3.8, 4) is 5.95 Å². The van der Waals surface area contributed by atoms with Gasteiger partial charge in [0.2, 0.25) is 5.95 Å². The number of imidazole rings is 1. The van der Waals surface area contributed by atoms with Crippen molar-refractivity contribution in [2.24, 2.45) is 5.73 Å². The second-order valence-electron chi connectivity index (χ2n) is 4.25. The molecule has 0 spiro atoms. The summed E-state index contributed by atoms with van der Waals surface area (Å²) in [4.78, 5) is 27.2. The number of hydrogen-bond acceptors (Lipinski definition) is 5. The number of nitrogens with zero attached hydrogens (tertiary/aromatic N) is 5. The Morgan fingerprint density at radius 3 is 2.60 bits per heavy atom. The van der Waals surface area contributed by atoms with Gasteiger partial charge in [0.1, 0.15) is 6.33 Å². The van der Waals surface area contributed by atoms with E-state index in [0.29, 0.717) is 5.95 Å². The summed E-state index contributed by atoms with van der Waals surface area (Å²) in [5, 5.41) is 8.23. The Balaban J connectivity index is 2.46. The van der Waals surface area contributed by atoms with Gasteiger partial charge in [0.25, 0.3) is 5.91 Å². The van der Waals surface area contributed by atoms with Crippen molar-refractivity contribution in [2.75, 3.05) is 0 Å². The summed E-state index contributed by atoms with van der Waals surface area (Å²) in [5.74, 6) is -0.650. The van der Waals surface area contributed by atoms with Crippen molar-refractivity contribution in [3.63, 3.8) is 0 Å². The number of ketones is 1. The van der Waals surface area contributed by atoms with Crippen LogP contribution in [0.3, 0.4) is 0 Å². The lowest BCUT2D eigenvalue weighted by atomic mass is 10.1. The fraction of sp³-hybridized carbons (Fsp3) is 0.0833. The second kappa shape index (κ2) is 3.98. The van der Waals surface area contributed by atoms with Crippen LogP contribution in [0.5, 0.6) is 0 Å². The molecule has 8 nitrogen and oxygen atoms in total. The van der Waals surface area contributed by atoms with E-state index in [-0.39, 0.29) is 27.9 Å². The first-order chi connectivity index (χ1) is 9.52. The number of aromatic nitrogens is 5. The van der Waals surface area contributed by atoms with E-state index in [1.807, 2.05) is 0 Å². The minimum Gasteiger partial charge on any atom is -0.366 e. The summed E-state index contributed by atoms with van der Waals surface area (Å²) in [5.41, 5.74) is 5.81. The van der Waals surface area contributed by atoms with Crippen LogP contribution in [0, 0.1) is 0 Å². The predicted molar refractivity (Wildman–Crippen MR) is 69.4 cm³/mol. The molecule has 0 aromatic carbocycles. The molecule has 8 heteroatoms. The highest BCUT2D eigenvalue weighted by molar-refractivity contribution is 6.11. The summed E-state index contributed by atoms with van der Waals surface area (Å²) in [6, 6.07) is 0. The molecular weight excluding hydrogens is 260 g/mol. The maximum absolute atomic E-state index is 11.8. The molecule has 0 atom stereocenters. The zero-order chi connectivity index (χ0) is 14.4. The topological polar surface area (TPSA) is 108 Å². The van der Waals surface area contributed by atoms with Gasteiger partial charge in [-0.2, -0.15) is 0 Å². The van der Waals surface area contributed by atoms with Crippen LogP contribution < -0.4 is 11.1 Å². The Bertz CT molecular complexity index is 877. The first kappa shape index (κ1) is 12.0. The van der Waals surface area contributed by atoms with Crippen molar-refractivity contribution < 1.29 is 9.59 Å². The lowest BCUT2D eigenvalue weighted by Gasteiger charge is -1.97. The van der Waals surface area contributed by atoms with E-state index >= 15 is 0 Å². The van der Waals surface area contributed by atoms with Crippen LogP contribution in [0.2, 0.25) is 0 Å². The fourth-order valence-corrected chi connectivity index (χ4v) is 2.20. The molecule has 3 aromatic heterocycles. The van der Waals surface area contributed by atoms with Gasteiger partial charge in [-0.25, -0.2) is 4.98 Å². The predicted octanol–water partition coefficient (Wildman–Crippen LogP) is -0.654. The van der Waals surface area contributed by atoms with Gasteiger partial charge in [0.15, 0.2) is 11.4 Å². The summed E-state index contributed by atoms with van der Waals surface area (Å²) < 4.78 is 3.11. The Labute approximate surface area is 112 Å². The molecule has 0 bridgehead atoms.